The number of benzene rings is 1. The molecule has 0 bridgehead atoms. The quantitative estimate of drug-likeness (QED) is 0.630. The van der Waals surface area contributed by atoms with Crippen LogP contribution >= 0.6 is 23.1 Å². The summed E-state index contributed by atoms with van der Waals surface area (Å²) in [6.45, 7) is 5.17. The smallest absolute Gasteiger partial charge is 0.233 e. The fourth-order valence-electron chi connectivity index (χ4n) is 3.47. The van der Waals surface area contributed by atoms with Crippen LogP contribution < -0.4 is 0 Å². The molecule has 146 valence electrons. The lowest BCUT2D eigenvalue weighted by Gasteiger charge is -2.37. The van der Waals surface area contributed by atoms with E-state index in [4.69, 9.17) is 0 Å². The molecule has 1 aliphatic rings. The monoisotopic (exact) mass is 404 g/mol. The van der Waals surface area contributed by atoms with E-state index in [0.717, 1.165) is 48.2 Å². The summed E-state index contributed by atoms with van der Waals surface area (Å²) in [5, 5.41) is 9.03. The van der Waals surface area contributed by atoms with E-state index in [9.17, 15) is 4.79 Å². The van der Waals surface area contributed by atoms with Gasteiger partial charge >= 0.3 is 0 Å². The number of piperidine rings is 1. The van der Waals surface area contributed by atoms with E-state index >= 15 is 0 Å². The number of hydrogen-bond acceptors (Lipinski definition) is 6. The highest BCUT2D eigenvalue weighted by atomic mass is 32.2. The number of nitrogens with zero attached hydrogens (tertiary/aromatic N) is 4. The lowest BCUT2D eigenvalue weighted by atomic mass is 10.0. The van der Waals surface area contributed by atoms with Crippen molar-refractivity contribution in [2.45, 2.75) is 43.0 Å². The second-order valence-corrected chi connectivity index (χ2v) is 9.47. The Morgan fingerprint density at radius 2 is 2.15 bits per heavy atom. The maximum Gasteiger partial charge on any atom is 0.233 e. The summed E-state index contributed by atoms with van der Waals surface area (Å²) >= 11 is 3.04. The van der Waals surface area contributed by atoms with Gasteiger partial charge in [0.2, 0.25) is 5.91 Å². The van der Waals surface area contributed by atoms with Crippen LogP contribution in [0, 0.1) is 6.92 Å². The first-order chi connectivity index (χ1) is 13.1. The van der Waals surface area contributed by atoms with E-state index in [-0.39, 0.29) is 5.91 Å². The summed E-state index contributed by atoms with van der Waals surface area (Å²) in [7, 11) is 1.95. The molecule has 2 aromatic rings. The lowest BCUT2D eigenvalue weighted by Crippen LogP contribution is -2.49. The highest BCUT2D eigenvalue weighted by Crippen LogP contribution is 2.23. The van der Waals surface area contributed by atoms with Gasteiger partial charge in [-0.1, -0.05) is 53.4 Å². The summed E-state index contributed by atoms with van der Waals surface area (Å²) in [5.41, 5.74) is 1.40. The van der Waals surface area contributed by atoms with E-state index in [2.05, 4.69) is 45.4 Å². The minimum Gasteiger partial charge on any atom is -0.341 e. The van der Waals surface area contributed by atoms with Crippen LogP contribution in [0.2, 0.25) is 0 Å². The molecule has 2 heterocycles. The molecule has 1 atom stereocenters. The predicted molar refractivity (Wildman–Crippen MR) is 112 cm³/mol. The molecule has 7 heteroatoms. The molecule has 1 aliphatic heterocycles. The number of hydrogen-bond donors (Lipinski definition) is 0. The average molecular weight is 405 g/mol. The molecule has 0 radical (unpaired) electrons. The number of carbonyl (C=O) groups excluding carboxylic acids is 1. The number of aromatic nitrogens is 2. The standard InChI is InChI=1S/C20H28N4OS2/c1-16-21-22-20(27-16)26-15-19(25)23(2)18-11-7-13-24(14-18)12-6-10-17-8-4-3-5-9-17/h3-5,8-9,18H,6-7,10-15H2,1-2H3. The van der Waals surface area contributed by atoms with Gasteiger partial charge in [0.05, 0.1) is 5.75 Å². The molecule has 0 N–H and O–H groups in total. The largest absolute Gasteiger partial charge is 0.341 e. The third kappa shape index (κ3) is 6.30. The van der Waals surface area contributed by atoms with Gasteiger partial charge in [0.1, 0.15) is 5.01 Å². The Balaban J connectivity index is 1.41. The maximum atomic E-state index is 12.6. The van der Waals surface area contributed by atoms with E-state index < -0.39 is 0 Å². The average Bonchev–Trinajstić information content (AvgIpc) is 3.12. The third-order valence-corrected chi connectivity index (χ3v) is 6.99. The van der Waals surface area contributed by atoms with E-state index in [1.165, 1.54) is 23.7 Å². The number of amides is 1. The Kier molecular flexibility index (Phi) is 7.67. The first-order valence-electron chi connectivity index (χ1n) is 9.56. The van der Waals surface area contributed by atoms with Gasteiger partial charge in [-0.2, -0.15) is 0 Å². The molecular weight excluding hydrogens is 376 g/mol. The van der Waals surface area contributed by atoms with Crippen molar-refractivity contribution in [1.29, 1.82) is 0 Å². The van der Waals surface area contributed by atoms with Crippen LogP contribution in [-0.2, 0) is 11.2 Å². The zero-order valence-corrected chi connectivity index (χ0v) is 17.8. The lowest BCUT2D eigenvalue weighted by molar-refractivity contribution is -0.130. The zero-order chi connectivity index (χ0) is 19.1. The Bertz CT molecular complexity index is 722. The number of aryl methyl sites for hydroxylation is 2. The van der Waals surface area contributed by atoms with E-state index in [1.54, 1.807) is 11.3 Å². The molecule has 0 aliphatic carbocycles. The van der Waals surface area contributed by atoms with Crippen molar-refractivity contribution in [2.24, 2.45) is 0 Å². The molecule has 1 aromatic carbocycles. The van der Waals surface area contributed by atoms with Crippen LogP contribution in [0.4, 0.5) is 0 Å². The SMILES string of the molecule is Cc1nnc(SCC(=O)N(C)C2CCCN(CCCc3ccccc3)C2)s1. The predicted octanol–water partition coefficient (Wildman–Crippen LogP) is 3.49. The van der Waals surface area contributed by atoms with Crippen LogP contribution in [0.15, 0.2) is 34.7 Å². The normalized spacial score (nSPS) is 17.8. The molecule has 1 amide bonds. The zero-order valence-electron chi connectivity index (χ0n) is 16.1. The van der Waals surface area contributed by atoms with Crippen LogP contribution in [0.25, 0.3) is 0 Å². The number of rotatable bonds is 8. The Morgan fingerprint density at radius 3 is 2.89 bits per heavy atom. The highest BCUT2D eigenvalue weighted by Gasteiger charge is 2.26. The first-order valence-corrected chi connectivity index (χ1v) is 11.4. The number of likely N-dealkylation sites (tertiary alicyclic amines) is 1. The number of carbonyl (C=O) groups is 1. The topological polar surface area (TPSA) is 49.3 Å². The highest BCUT2D eigenvalue weighted by molar-refractivity contribution is 8.01. The van der Waals surface area contributed by atoms with Crippen molar-refractivity contribution < 1.29 is 4.79 Å². The van der Waals surface area contributed by atoms with Crippen molar-refractivity contribution in [2.75, 3.05) is 32.4 Å². The van der Waals surface area contributed by atoms with Crippen molar-refractivity contribution in [3.05, 3.63) is 40.9 Å². The fourth-order valence-corrected chi connectivity index (χ4v) is 5.21. The van der Waals surface area contributed by atoms with Gasteiger partial charge in [-0.3, -0.25) is 4.79 Å². The van der Waals surface area contributed by atoms with Crippen molar-refractivity contribution >= 4 is 29.0 Å². The number of likely N-dealkylation sites (N-methyl/N-ethyl adjacent to an activating group) is 1. The Hall–Kier alpha value is -1.44. The van der Waals surface area contributed by atoms with Crippen molar-refractivity contribution in [3.63, 3.8) is 0 Å². The maximum absolute atomic E-state index is 12.6. The second-order valence-electron chi connectivity index (χ2n) is 7.07. The summed E-state index contributed by atoms with van der Waals surface area (Å²) in [6.07, 6.45) is 4.55. The molecule has 1 fully saturated rings. The van der Waals surface area contributed by atoms with Gasteiger partial charge in [0, 0.05) is 19.6 Å². The van der Waals surface area contributed by atoms with Gasteiger partial charge in [-0.25, -0.2) is 0 Å². The minimum atomic E-state index is 0.184. The number of thioether (sulfide) groups is 1. The van der Waals surface area contributed by atoms with Crippen LogP contribution in [0.5, 0.6) is 0 Å². The first kappa shape index (κ1) is 20.3. The van der Waals surface area contributed by atoms with Crippen molar-refractivity contribution in [1.82, 2.24) is 20.0 Å². The molecular formula is C20H28N4OS2. The van der Waals surface area contributed by atoms with Crippen LogP contribution in [0.3, 0.4) is 0 Å². The summed E-state index contributed by atoms with van der Waals surface area (Å²) in [4.78, 5) is 17.0. The summed E-state index contributed by atoms with van der Waals surface area (Å²) < 4.78 is 0.875. The molecule has 5 nitrogen and oxygen atoms in total. The molecule has 1 aromatic heterocycles. The van der Waals surface area contributed by atoms with Crippen LogP contribution in [-0.4, -0.2) is 64.4 Å². The van der Waals surface area contributed by atoms with Crippen LogP contribution in [0.1, 0.15) is 29.8 Å². The van der Waals surface area contributed by atoms with E-state index in [1.807, 2.05) is 18.9 Å². The van der Waals surface area contributed by atoms with Gasteiger partial charge < -0.3 is 9.80 Å². The molecule has 0 spiro atoms. The van der Waals surface area contributed by atoms with Gasteiger partial charge in [0.25, 0.3) is 0 Å². The third-order valence-electron chi connectivity index (χ3n) is 5.03. The molecule has 27 heavy (non-hydrogen) atoms. The van der Waals surface area contributed by atoms with E-state index in [0.29, 0.717) is 11.8 Å². The summed E-state index contributed by atoms with van der Waals surface area (Å²) in [6, 6.07) is 11.0. The molecule has 1 unspecified atom stereocenters. The minimum absolute atomic E-state index is 0.184. The summed E-state index contributed by atoms with van der Waals surface area (Å²) in [5.74, 6) is 0.624. The molecule has 0 saturated carbocycles. The molecule has 3 rings (SSSR count). The second kappa shape index (κ2) is 10.2. The van der Waals surface area contributed by atoms with Crippen molar-refractivity contribution in [3.8, 4) is 0 Å². The van der Waals surface area contributed by atoms with Gasteiger partial charge in [0.15, 0.2) is 4.34 Å². The Labute approximate surface area is 170 Å². The fraction of sp³-hybridized carbons (Fsp3) is 0.550. The molecule has 1 saturated heterocycles. The Morgan fingerprint density at radius 1 is 1.33 bits per heavy atom. The van der Waals surface area contributed by atoms with Gasteiger partial charge in [-0.15, -0.1) is 10.2 Å². The van der Waals surface area contributed by atoms with Gasteiger partial charge in [-0.05, 0) is 51.3 Å².